The molecule has 34 heavy (non-hydrogen) atoms. The van der Waals surface area contributed by atoms with E-state index in [0.29, 0.717) is 11.6 Å². The summed E-state index contributed by atoms with van der Waals surface area (Å²) < 4.78 is 10.7. The minimum atomic E-state index is -0.755. The van der Waals surface area contributed by atoms with Gasteiger partial charge in [-0.25, -0.2) is 4.99 Å². The maximum atomic E-state index is 6.44. The second-order valence-corrected chi connectivity index (χ2v) is 7.68. The molecule has 1 aromatic heterocycles. The average Bonchev–Trinajstić information content (AvgIpc) is 3.23. The largest absolute Gasteiger partial charge is 0.497 e. The number of pyridine rings is 1. The number of amidine groups is 1. The van der Waals surface area contributed by atoms with E-state index in [1.54, 1.807) is 20.4 Å². The Balaban J connectivity index is 0.00000133. The van der Waals surface area contributed by atoms with Gasteiger partial charge in [0.05, 0.1) is 20.4 Å². The van der Waals surface area contributed by atoms with Crippen LogP contribution in [0.1, 0.15) is 36.1 Å². The third-order valence-electron chi connectivity index (χ3n) is 5.95. The number of ether oxygens (including phenoxy) is 2. The van der Waals surface area contributed by atoms with Crippen LogP contribution in [0, 0.1) is 0 Å². The third kappa shape index (κ3) is 3.90. The Morgan fingerprint density at radius 2 is 1.44 bits per heavy atom. The molecule has 5 nitrogen and oxygen atoms in total. The zero-order valence-corrected chi connectivity index (χ0v) is 19.9. The summed E-state index contributed by atoms with van der Waals surface area (Å²) in [6.45, 7) is 4.00. The highest BCUT2D eigenvalue weighted by Crippen LogP contribution is 2.46. The van der Waals surface area contributed by atoms with Crippen LogP contribution >= 0.6 is 0 Å². The number of nitrogens with zero attached hydrogens (tertiary/aromatic N) is 2. The van der Waals surface area contributed by atoms with Gasteiger partial charge < -0.3 is 15.2 Å². The van der Waals surface area contributed by atoms with Crippen LogP contribution in [0.4, 0.5) is 0 Å². The highest BCUT2D eigenvalue weighted by atomic mass is 16.5. The van der Waals surface area contributed by atoms with Crippen molar-refractivity contribution in [1.82, 2.24) is 4.98 Å². The van der Waals surface area contributed by atoms with Crippen molar-refractivity contribution < 1.29 is 9.47 Å². The summed E-state index contributed by atoms with van der Waals surface area (Å²) in [6, 6.07) is 26.5. The van der Waals surface area contributed by atoms with Crippen LogP contribution in [-0.4, -0.2) is 25.0 Å². The monoisotopic (exact) mass is 451 g/mol. The van der Waals surface area contributed by atoms with Crippen molar-refractivity contribution in [2.24, 2.45) is 10.7 Å². The molecule has 172 valence electrons. The van der Waals surface area contributed by atoms with Crippen LogP contribution in [0.15, 0.2) is 96.2 Å². The fraction of sp³-hybridized carbons (Fsp3) is 0.172. The average molecular weight is 452 g/mol. The van der Waals surface area contributed by atoms with Crippen molar-refractivity contribution in [3.05, 3.63) is 114 Å². The molecule has 0 aliphatic carbocycles. The molecule has 0 bridgehead atoms. The van der Waals surface area contributed by atoms with E-state index in [2.05, 4.69) is 41.4 Å². The number of methoxy groups -OCH3 is 2. The van der Waals surface area contributed by atoms with Crippen molar-refractivity contribution in [2.45, 2.75) is 19.4 Å². The number of rotatable bonds is 5. The van der Waals surface area contributed by atoms with E-state index in [1.165, 1.54) is 0 Å². The Morgan fingerprint density at radius 1 is 0.706 bits per heavy atom. The Hall–Kier alpha value is -4.12. The van der Waals surface area contributed by atoms with E-state index < -0.39 is 5.54 Å². The van der Waals surface area contributed by atoms with Crippen LogP contribution in [-0.2, 0) is 5.54 Å². The van der Waals surface area contributed by atoms with Gasteiger partial charge in [-0.1, -0.05) is 68.4 Å². The Morgan fingerprint density at radius 3 is 2.18 bits per heavy atom. The summed E-state index contributed by atoms with van der Waals surface area (Å²) in [4.78, 5) is 9.38. The first kappa shape index (κ1) is 23.1. The topological polar surface area (TPSA) is 69.7 Å². The number of benzene rings is 3. The van der Waals surface area contributed by atoms with Gasteiger partial charge in [0.15, 0.2) is 0 Å². The molecule has 0 spiro atoms. The van der Waals surface area contributed by atoms with Gasteiger partial charge in [0.25, 0.3) is 0 Å². The molecule has 1 atom stereocenters. The lowest BCUT2D eigenvalue weighted by Crippen LogP contribution is -2.25. The smallest absolute Gasteiger partial charge is 0.139 e. The van der Waals surface area contributed by atoms with Gasteiger partial charge in [-0.15, -0.1) is 0 Å². The van der Waals surface area contributed by atoms with Gasteiger partial charge in [-0.2, -0.15) is 0 Å². The summed E-state index contributed by atoms with van der Waals surface area (Å²) in [5, 5.41) is 0. The lowest BCUT2D eigenvalue weighted by molar-refractivity contribution is 0.413. The zero-order valence-electron chi connectivity index (χ0n) is 19.9. The number of fused-ring (bicyclic) bond motifs is 1. The van der Waals surface area contributed by atoms with Crippen molar-refractivity contribution in [2.75, 3.05) is 14.2 Å². The van der Waals surface area contributed by atoms with Crippen LogP contribution < -0.4 is 15.2 Å². The van der Waals surface area contributed by atoms with E-state index in [1.807, 2.05) is 62.5 Å². The molecule has 5 heteroatoms. The molecule has 1 aliphatic rings. The van der Waals surface area contributed by atoms with Gasteiger partial charge in [0, 0.05) is 17.3 Å². The fourth-order valence-electron chi connectivity index (χ4n) is 4.37. The molecular weight excluding hydrogens is 422 g/mol. The van der Waals surface area contributed by atoms with Crippen molar-refractivity contribution >= 4 is 5.84 Å². The van der Waals surface area contributed by atoms with E-state index in [4.69, 9.17) is 20.2 Å². The molecule has 0 saturated carbocycles. The minimum absolute atomic E-state index is 0.532. The Labute approximate surface area is 200 Å². The number of nitrogens with two attached hydrogens (primary N) is 1. The summed E-state index contributed by atoms with van der Waals surface area (Å²) in [5.74, 6) is 2.04. The first-order valence-corrected chi connectivity index (χ1v) is 11.4. The number of aliphatic imine (C=N–C) groups is 1. The molecule has 3 aromatic carbocycles. The summed E-state index contributed by atoms with van der Waals surface area (Å²) in [5.41, 5.74) is 11.7. The molecule has 5 rings (SSSR count). The second kappa shape index (κ2) is 9.79. The number of aromatic nitrogens is 1. The standard InChI is InChI=1S/C27H23N3O2.C2H6/c1-31-22-12-10-20(11-13-22)27(25-9-4-3-8-24(25)26(28)30-27)21-7-5-6-18(14-21)19-15-23(32-2)17-29-16-19;1-2/h3-17H,1-2H3,(H2,28,30);1-2H3. The van der Waals surface area contributed by atoms with Gasteiger partial charge in [-0.3, -0.25) is 4.98 Å². The van der Waals surface area contributed by atoms with Crippen LogP contribution in [0.3, 0.4) is 0 Å². The van der Waals surface area contributed by atoms with E-state index in [9.17, 15) is 0 Å². The molecule has 2 N–H and O–H groups in total. The Kier molecular flexibility index (Phi) is 6.64. The molecule has 0 amide bonds. The molecule has 1 aliphatic heterocycles. The molecule has 1 unspecified atom stereocenters. The molecule has 0 radical (unpaired) electrons. The van der Waals surface area contributed by atoms with E-state index in [0.717, 1.165) is 39.1 Å². The summed E-state index contributed by atoms with van der Waals surface area (Å²) >= 11 is 0. The molecular formula is C29H29N3O2. The van der Waals surface area contributed by atoms with Crippen LogP contribution in [0.25, 0.3) is 11.1 Å². The fourth-order valence-corrected chi connectivity index (χ4v) is 4.37. The molecule has 2 heterocycles. The quantitative estimate of drug-likeness (QED) is 0.416. The third-order valence-corrected chi connectivity index (χ3v) is 5.95. The number of hydrogen-bond acceptors (Lipinski definition) is 5. The van der Waals surface area contributed by atoms with Crippen molar-refractivity contribution in [1.29, 1.82) is 0 Å². The van der Waals surface area contributed by atoms with Gasteiger partial charge >= 0.3 is 0 Å². The van der Waals surface area contributed by atoms with E-state index >= 15 is 0 Å². The van der Waals surface area contributed by atoms with E-state index in [-0.39, 0.29) is 0 Å². The zero-order chi connectivity index (χ0) is 24.1. The number of hydrogen-bond donors (Lipinski definition) is 1. The maximum Gasteiger partial charge on any atom is 0.139 e. The van der Waals surface area contributed by atoms with Crippen LogP contribution in [0.2, 0.25) is 0 Å². The Bertz CT molecular complexity index is 1320. The van der Waals surface area contributed by atoms with Gasteiger partial charge in [0.2, 0.25) is 0 Å². The normalized spacial score (nSPS) is 16.1. The minimum Gasteiger partial charge on any atom is -0.497 e. The SMILES string of the molecule is CC.COc1ccc(C2(c3cccc(-c4cncc(OC)c4)c3)N=C(N)c3ccccc32)cc1. The first-order chi connectivity index (χ1) is 16.7. The summed E-state index contributed by atoms with van der Waals surface area (Å²) in [7, 11) is 3.31. The van der Waals surface area contributed by atoms with Crippen molar-refractivity contribution in [3.8, 4) is 22.6 Å². The lowest BCUT2D eigenvalue weighted by Gasteiger charge is -2.29. The molecule has 0 fully saturated rings. The van der Waals surface area contributed by atoms with Crippen LogP contribution in [0.5, 0.6) is 11.5 Å². The van der Waals surface area contributed by atoms with Gasteiger partial charge in [-0.05, 0) is 46.5 Å². The molecule has 0 saturated heterocycles. The highest BCUT2D eigenvalue weighted by Gasteiger charge is 2.42. The highest BCUT2D eigenvalue weighted by molar-refractivity contribution is 6.03. The second-order valence-electron chi connectivity index (χ2n) is 7.68. The van der Waals surface area contributed by atoms with Gasteiger partial charge in [0.1, 0.15) is 22.9 Å². The molecule has 4 aromatic rings. The lowest BCUT2D eigenvalue weighted by atomic mass is 9.77. The predicted octanol–water partition coefficient (Wildman–Crippen LogP) is 5.80. The maximum absolute atomic E-state index is 6.44. The predicted molar refractivity (Wildman–Crippen MR) is 138 cm³/mol. The van der Waals surface area contributed by atoms with Crippen molar-refractivity contribution in [3.63, 3.8) is 0 Å². The first-order valence-electron chi connectivity index (χ1n) is 11.4. The summed E-state index contributed by atoms with van der Waals surface area (Å²) in [6.07, 6.45) is 3.53.